The minimum atomic E-state index is -0.752. The lowest BCUT2D eigenvalue weighted by Gasteiger charge is -2.20. The highest BCUT2D eigenvalue weighted by Gasteiger charge is 2.35. The second-order valence-electron chi connectivity index (χ2n) is 5.02. The monoisotopic (exact) mass is 290 g/mol. The van der Waals surface area contributed by atoms with Gasteiger partial charge in [-0.2, -0.15) is 5.26 Å². The SMILES string of the molecule is CCSc1cccc(N2C[C@@H](C)[C@H](C(=O)O)C2)c1C#N. The highest BCUT2D eigenvalue weighted by Crippen LogP contribution is 2.34. The van der Waals surface area contributed by atoms with Crippen molar-refractivity contribution in [3.8, 4) is 6.07 Å². The van der Waals surface area contributed by atoms with Crippen LogP contribution in [0.2, 0.25) is 0 Å². The second kappa shape index (κ2) is 6.19. The molecule has 1 aliphatic heterocycles. The first-order valence-corrected chi connectivity index (χ1v) is 7.70. The van der Waals surface area contributed by atoms with Crippen molar-refractivity contribution in [2.75, 3.05) is 23.7 Å². The Labute approximate surface area is 123 Å². The van der Waals surface area contributed by atoms with Crippen LogP contribution in [0.15, 0.2) is 23.1 Å². The molecule has 0 spiro atoms. The first-order chi connectivity index (χ1) is 9.58. The van der Waals surface area contributed by atoms with Crippen LogP contribution in [0.3, 0.4) is 0 Å². The second-order valence-corrected chi connectivity index (χ2v) is 6.33. The van der Waals surface area contributed by atoms with E-state index < -0.39 is 5.97 Å². The van der Waals surface area contributed by atoms with Crippen LogP contribution in [-0.2, 0) is 4.79 Å². The van der Waals surface area contributed by atoms with E-state index in [1.165, 1.54) is 0 Å². The molecule has 1 N–H and O–H groups in total. The van der Waals surface area contributed by atoms with E-state index in [1.54, 1.807) is 11.8 Å². The van der Waals surface area contributed by atoms with E-state index in [0.29, 0.717) is 18.7 Å². The van der Waals surface area contributed by atoms with Gasteiger partial charge in [-0.25, -0.2) is 0 Å². The molecule has 5 heteroatoms. The Morgan fingerprint density at radius 2 is 2.30 bits per heavy atom. The molecule has 0 bridgehead atoms. The summed E-state index contributed by atoms with van der Waals surface area (Å²) >= 11 is 1.64. The Morgan fingerprint density at radius 3 is 2.85 bits per heavy atom. The van der Waals surface area contributed by atoms with Gasteiger partial charge in [0, 0.05) is 18.0 Å². The third kappa shape index (κ3) is 2.75. The maximum atomic E-state index is 11.2. The Kier molecular flexibility index (Phi) is 4.56. The summed E-state index contributed by atoms with van der Waals surface area (Å²) in [5, 5.41) is 18.6. The molecular formula is C15H18N2O2S. The first-order valence-electron chi connectivity index (χ1n) is 6.72. The zero-order valence-electron chi connectivity index (χ0n) is 11.7. The largest absolute Gasteiger partial charge is 0.481 e. The number of nitrogens with zero attached hydrogens (tertiary/aromatic N) is 2. The van der Waals surface area contributed by atoms with Gasteiger partial charge in [0.2, 0.25) is 0 Å². The average Bonchev–Trinajstić information content (AvgIpc) is 2.81. The molecule has 1 aliphatic rings. The van der Waals surface area contributed by atoms with Gasteiger partial charge in [-0.15, -0.1) is 11.8 Å². The van der Waals surface area contributed by atoms with Gasteiger partial charge in [0.25, 0.3) is 0 Å². The predicted molar refractivity (Wildman–Crippen MR) is 80.1 cm³/mol. The molecular weight excluding hydrogens is 272 g/mol. The van der Waals surface area contributed by atoms with Gasteiger partial charge >= 0.3 is 5.97 Å². The summed E-state index contributed by atoms with van der Waals surface area (Å²) in [7, 11) is 0. The molecule has 1 heterocycles. The van der Waals surface area contributed by atoms with Crippen LogP contribution < -0.4 is 4.90 Å². The number of carbonyl (C=O) groups is 1. The van der Waals surface area contributed by atoms with Crippen LogP contribution in [0.4, 0.5) is 5.69 Å². The Balaban J connectivity index is 2.32. The number of nitriles is 1. The topological polar surface area (TPSA) is 64.3 Å². The summed E-state index contributed by atoms with van der Waals surface area (Å²) in [6.07, 6.45) is 0. The Morgan fingerprint density at radius 1 is 1.55 bits per heavy atom. The molecule has 1 aromatic carbocycles. The van der Waals surface area contributed by atoms with Crippen molar-refractivity contribution in [1.29, 1.82) is 5.26 Å². The fourth-order valence-corrected chi connectivity index (χ4v) is 3.44. The first kappa shape index (κ1) is 14.7. The Hall–Kier alpha value is -1.67. The smallest absolute Gasteiger partial charge is 0.308 e. The van der Waals surface area contributed by atoms with Crippen LogP contribution in [0.1, 0.15) is 19.4 Å². The van der Waals surface area contributed by atoms with Gasteiger partial charge < -0.3 is 10.0 Å². The number of hydrogen-bond acceptors (Lipinski definition) is 4. The summed E-state index contributed by atoms with van der Waals surface area (Å²) in [5.41, 5.74) is 1.53. The standard InChI is InChI=1S/C15H18N2O2S/c1-3-20-14-6-4-5-13(11(14)7-16)17-8-10(2)12(9-17)15(18)19/h4-6,10,12H,3,8-9H2,1-2H3,(H,18,19)/t10-,12-/m1/s1. The van der Waals surface area contributed by atoms with Crippen molar-refractivity contribution in [2.45, 2.75) is 18.7 Å². The molecule has 0 radical (unpaired) electrons. The van der Waals surface area contributed by atoms with E-state index in [2.05, 4.69) is 13.0 Å². The molecule has 2 rings (SSSR count). The van der Waals surface area contributed by atoms with Gasteiger partial charge in [-0.3, -0.25) is 4.79 Å². The summed E-state index contributed by atoms with van der Waals surface area (Å²) in [4.78, 5) is 14.2. The molecule has 1 aromatic rings. The van der Waals surface area contributed by atoms with E-state index in [9.17, 15) is 15.2 Å². The summed E-state index contributed by atoms with van der Waals surface area (Å²) in [6.45, 7) is 5.17. The lowest BCUT2D eigenvalue weighted by Crippen LogP contribution is -2.23. The zero-order valence-corrected chi connectivity index (χ0v) is 12.5. The molecule has 0 unspecified atom stereocenters. The van der Waals surface area contributed by atoms with Crippen LogP contribution in [0, 0.1) is 23.2 Å². The third-order valence-electron chi connectivity index (χ3n) is 3.69. The highest BCUT2D eigenvalue weighted by molar-refractivity contribution is 7.99. The zero-order chi connectivity index (χ0) is 14.7. The third-order valence-corrected chi connectivity index (χ3v) is 4.63. The van der Waals surface area contributed by atoms with Crippen molar-refractivity contribution in [2.24, 2.45) is 11.8 Å². The van der Waals surface area contributed by atoms with E-state index in [1.807, 2.05) is 30.0 Å². The number of anilines is 1. The van der Waals surface area contributed by atoms with E-state index >= 15 is 0 Å². The van der Waals surface area contributed by atoms with Crippen molar-refractivity contribution in [3.63, 3.8) is 0 Å². The van der Waals surface area contributed by atoms with Gasteiger partial charge in [-0.1, -0.05) is 19.9 Å². The molecule has 0 saturated carbocycles. The quantitative estimate of drug-likeness (QED) is 0.864. The molecule has 1 saturated heterocycles. The minimum absolute atomic E-state index is 0.0986. The number of aliphatic carboxylic acids is 1. The number of hydrogen-bond donors (Lipinski definition) is 1. The normalized spacial score (nSPS) is 21.8. The van der Waals surface area contributed by atoms with Crippen LogP contribution in [0.5, 0.6) is 0 Å². The molecule has 0 aromatic heterocycles. The number of thioether (sulfide) groups is 1. The number of benzene rings is 1. The van der Waals surface area contributed by atoms with Crippen LogP contribution >= 0.6 is 11.8 Å². The van der Waals surface area contributed by atoms with Gasteiger partial charge in [-0.05, 0) is 23.8 Å². The van der Waals surface area contributed by atoms with Gasteiger partial charge in [0.05, 0.1) is 17.2 Å². The van der Waals surface area contributed by atoms with E-state index in [0.717, 1.165) is 16.3 Å². The predicted octanol–water partition coefficient (Wildman–Crippen LogP) is 2.83. The molecule has 1 fully saturated rings. The minimum Gasteiger partial charge on any atom is -0.481 e. The molecule has 0 aliphatic carbocycles. The molecule has 106 valence electrons. The maximum Gasteiger partial charge on any atom is 0.308 e. The van der Waals surface area contributed by atoms with Crippen molar-refractivity contribution < 1.29 is 9.90 Å². The summed E-state index contributed by atoms with van der Waals surface area (Å²) in [5.74, 6) is -0.102. The lowest BCUT2D eigenvalue weighted by molar-refractivity contribution is -0.142. The van der Waals surface area contributed by atoms with Crippen molar-refractivity contribution >= 4 is 23.4 Å². The lowest BCUT2D eigenvalue weighted by atomic mass is 9.99. The Bertz CT molecular complexity index is 553. The van der Waals surface area contributed by atoms with Crippen LogP contribution in [-0.4, -0.2) is 29.9 Å². The summed E-state index contributed by atoms with van der Waals surface area (Å²) in [6, 6.07) is 8.07. The average molecular weight is 290 g/mol. The number of carboxylic acid groups (broad SMARTS) is 1. The van der Waals surface area contributed by atoms with Crippen molar-refractivity contribution in [3.05, 3.63) is 23.8 Å². The van der Waals surface area contributed by atoms with E-state index in [-0.39, 0.29) is 11.8 Å². The highest BCUT2D eigenvalue weighted by atomic mass is 32.2. The fourth-order valence-electron chi connectivity index (χ4n) is 2.66. The maximum absolute atomic E-state index is 11.2. The number of carboxylic acids is 1. The van der Waals surface area contributed by atoms with Crippen molar-refractivity contribution in [1.82, 2.24) is 0 Å². The summed E-state index contributed by atoms with van der Waals surface area (Å²) < 4.78 is 0. The van der Waals surface area contributed by atoms with Crippen LogP contribution in [0.25, 0.3) is 0 Å². The molecule has 2 atom stereocenters. The molecule has 0 amide bonds. The molecule has 4 nitrogen and oxygen atoms in total. The molecule has 20 heavy (non-hydrogen) atoms. The van der Waals surface area contributed by atoms with Gasteiger partial charge in [0.15, 0.2) is 0 Å². The van der Waals surface area contributed by atoms with E-state index in [4.69, 9.17) is 0 Å². The fraction of sp³-hybridized carbons (Fsp3) is 0.467. The van der Waals surface area contributed by atoms with Gasteiger partial charge in [0.1, 0.15) is 6.07 Å². The number of rotatable bonds is 4.